The number of halogens is 1. The third kappa shape index (κ3) is 2.75. The molecule has 1 aromatic heterocycles. The van der Waals surface area contributed by atoms with E-state index in [1.54, 1.807) is 11.8 Å². The van der Waals surface area contributed by atoms with Crippen LogP contribution in [0.4, 0.5) is 10.2 Å². The average Bonchev–Trinajstić information content (AvgIpc) is 3.01. The first-order valence-corrected chi connectivity index (χ1v) is 8.27. The number of anilines is 1. The number of hydrogen-bond donors (Lipinski definition) is 1. The lowest BCUT2D eigenvalue weighted by Gasteiger charge is -2.23. The van der Waals surface area contributed by atoms with Crippen LogP contribution in [0.1, 0.15) is 42.4 Å². The molecule has 0 aliphatic carbocycles. The molecular formula is C16H18FN3OS. The molecule has 0 saturated carbocycles. The minimum absolute atomic E-state index is 0.222. The highest BCUT2D eigenvalue weighted by molar-refractivity contribution is 7.98. The Morgan fingerprint density at radius 1 is 1.27 bits per heavy atom. The van der Waals surface area contributed by atoms with Crippen molar-refractivity contribution in [1.29, 1.82) is 0 Å². The molecule has 0 bridgehead atoms. The largest absolute Gasteiger partial charge is 0.306 e. The van der Waals surface area contributed by atoms with Crippen molar-refractivity contribution in [2.45, 2.75) is 37.8 Å². The summed E-state index contributed by atoms with van der Waals surface area (Å²) in [6.45, 7) is 6.15. The second-order valence-electron chi connectivity index (χ2n) is 6.31. The summed E-state index contributed by atoms with van der Waals surface area (Å²) in [5.74, 6) is 1.88. The predicted molar refractivity (Wildman–Crippen MR) is 86.6 cm³/mol. The molecule has 1 aromatic carbocycles. The van der Waals surface area contributed by atoms with Gasteiger partial charge in [0.15, 0.2) is 0 Å². The number of aromatic nitrogens is 2. The monoisotopic (exact) mass is 319 g/mol. The molecule has 116 valence electrons. The first-order chi connectivity index (χ1) is 10.4. The van der Waals surface area contributed by atoms with E-state index < -0.39 is 0 Å². The third-order valence-electron chi connectivity index (χ3n) is 3.53. The number of hydrogen-bond acceptors (Lipinski definition) is 3. The lowest BCUT2D eigenvalue weighted by atomic mass is 10.1. The van der Waals surface area contributed by atoms with Crippen molar-refractivity contribution in [3.63, 3.8) is 0 Å². The van der Waals surface area contributed by atoms with Crippen LogP contribution in [0.5, 0.6) is 0 Å². The minimum atomic E-state index is -0.353. The molecule has 0 radical (unpaired) electrons. The molecule has 1 amide bonds. The van der Waals surface area contributed by atoms with Gasteiger partial charge < -0.3 is 5.32 Å². The van der Waals surface area contributed by atoms with E-state index in [-0.39, 0.29) is 17.3 Å². The Morgan fingerprint density at radius 3 is 2.59 bits per heavy atom. The zero-order valence-electron chi connectivity index (χ0n) is 12.8. The quantitative estimate of drug-likeness (QED) is 0.916. The lowest BCUT2D eigenvalue weighted by molar-refractivity contribution is 0.102. The third-order valence-corrected chi connectivity index (χ3v) is 4.50. The summed E-state index contributed by atoms with van der Waals surface area (Å²) in [5, 5.41) is 7.60. The summed E-state index contributed by atoms with van der Waals surface area (Å²) in [6, 6.07) is 5.54. The van der Waals surface area contributed by atoms with Crippen molar-refractivity contribution in [2.75, 3.05) is 5.32 Å². The van der Waals surface area contributed by atoms with E-state index in [4.69, 9.17) is 0 Å². The Kier molecular flexibility index (Phi) is 3.72. The number of amides is 1. The Bertz CT molecular complexity index is 716. The number of nitrogens with one attached hydrogen (secondary N) is 1. The molecule has 22 heavy (non-hydrogen) atoms. The zero-order chi connectivity index (χ0) is 15.9. The fourth-order valence-electron chi connectivity index (χ4n) is 2.41. The maximum atomic E-state index is 13.0. The van der Waals surface area contributed by atoms with Gasteiger partial charge in [-0.15, -0.1) is 0 Å². The minimum Gasteiger partial charge on any atom is -0.306 e. The molecule has 0 atom stereocenters. The summed E-state index contributed by atoms with van der Waals surface area (Å²) < 4.78 is 14.9. The summed E-state index contributed by atoms with van der Waals surface area (Å²) in [7, 11) is 0. The molecule has 0 spiro atoms. The van der Waals surface area contributed by atoms with Crippen LogP contribution < -0.4 is 5.32 Å². The van der Waals surface area contributed by atoms with Crippen LogP contribution in [0.2, 0.25) is 0 Å². The van der Waals surface area contributed by atoms with Gasteiger partial charge in [0.25, 0.3) is 5.91 Å². The van der Waals surface area contributed by atoms with Crippen molar-refractivity contribution in [3.05, 3.63) is 46.9 Å². The van der Waals surface area contributed by atoms with Gasteiger partial charge in [-0.05, 0) is 45.0 Å². The summed E-state index contributed by atoms with van der Waals surface area (Å²) in [4.78, 5) is 12.4. The second kappa shape index (κ2) is 5.43. The van der Waals surface area contributed by atoms with Gasteiger partial charge in [-0.3, -0.25) is 4.79 Å². The highest BCUT2D eigenvalue weighted by atomic mass is 32.2. The van der Waals surface area contributed by atoms with Crippen LogP contribution >= 0.6 is 11.8 Å². The van der Waals surface area contributed by atoms with Crippen molar-refractivity contribution >= 4 is 23.5 Å². The Labute approximate surface area is 133 Å². The van der Waals surface area contributed by atoms with Gasteiger partial charge in [0, 0.05) is 22.6 Å². The van der Waals surface area contributed by atoms with Gasteiger partial charge in [-0.25, -0.2) is 9.07 Å². The Morgan fingerprint density at radius 2 is 1.95 bits per heavy atom. The number of thioether (sulfide) groups is 1. The zero-order valence-corrected chi connectivity index (χ0v) is 13.6. The molecule has 2 heterocycles. The van der Waals surface area contributed by atoms with Crippen molar-refractivity contribution in [1.82, 2.24) is 9.78 Å². The van der Waals surface area contributed by atoms with Gasteiger partial charge >= 0.3 is 0 Å². The number of nitrogens with zero attached hydrogens (tertiary/aromatic N) is 2. The maximum Gasteiger partial charge on any atom is 0.256 e. The topological polar surface area (TPSA) is 46.9 Å². The number of benzene rings is 1. The average molecular weight is 319 g/mol. The normalized spacial score (nSPS) is 14.0. The molecular weight excluding hydrogens is 301 g/mol. The van der Waals surface area contributed by atoms with E-state index >= 15 is 0 Å². The molecule has 0 fully saturated rings. The van der Waals surface area contributed by atoms with Gasteiger partial charge in [0.2, 0.25) is 0 Å². The van der Waals surface area contributed by atoms with Crippen molar-refractivity contribution in [2.24, 2.45) is 0 Å². The lowest BCUT2D eigenvalue weighted by Crippen LogP contribution is -2.27. The smallest absolute Gasteiger partial charge is 0.256 e. The first kappa shape index (κ1) is 15.1. The van der Waals surface area contributed by atoms with E-state index in [0.717, 1.165) is 28.6 Å². The molecule has 1 N–H and O–H groups in total. The standard InChI is InChI=1S/C16H18FN3OS/c1-16(2,3)20-14(12-8-22-9-13(12)19-20)18-15(21)10-4-6-11(17)7-5-10/h4-7H,8-9H2,1-3H3,(H,18,21). The summed E-state index contributed by atoms with van der Waals surface area (Å²) >= 11 is 1.79. The van der Waals surface area contributed by atoms with E-state index in [1.807, 2.05) is 4.68 Å². The van der Waals surface area contributed by atoms with Crippen LogP contribution in [-0.2, 0) is 17.0 Å². The summed E-state index contributed by atoms with van der Waals surface area (Å²) in [5.41, 5.74) is 2.34. The van der Waals surface area contributed by atoms with Gasteiger partial charge in [-0.1, -0.05) is 0 Å². The highest BCUT2D eigenvalue weighted by Crippen LogP contribution is 2.37. The molecule has 3 rings (SSSR count). The Balaban J connectivity index is 1.94. The van der Waals surface area contributed by atoms with Crippen LogP contribution in [0.15, 0.2) is 24.3 Å². The van der Waals surface area contributed by atoms with E-state index in [0.29, 0.717) is 5.56 Å². The molecule has 1 aliphatic heterocycles. The number of rotatable bonds is 2. The number of carbonyl (C=O) groups excluding carboxylic acids is 1. The van der Waals surface area contributed by atoms with Gasteiger partial charge in [-0.2, -0.15) is 16.9 Å². The molecule has 6 heteroatoms. The van der Waals surface area contributed by atoms with Gasteiger partial charge in [0.05, 0.1) is 11.2 Å². The maximum absolute atomic E-state index is 13.0. The first-order valence-electron chi connectivity index (χ1n) is 7.12. The summed E-state index contributed by atoms with van der Waals surface area (Å²) in [6.07, 6.45) is 0. The highest BCUT2D eigenvalue weighted by Gasteiger charge is 2.28. The Hall–Kier alpha value is -1.82. The van der Waals surface area contributed by atoms with Crippen LogP contribution in [0.25, 0.3) is 0 Å². The molecule has 1 aliphatic rings. The van der Waals surface area contributed by atoms with Gasteiger partial charge in [0.1, 0.15) is 11.6 Å². The SMILES string of the molecule is CC(C)(C)n1nc2c(c1NC(=O)c1ccc(F)cc1)CSC2. The van der Waals surface area contributed by atoms with Crippen LogP contribution in [0, 0.1) is 5.82 Å². The number of carbonyl (C=O) groups is 1. The van der Waals surface area contributed by atoms with E-state index in [9.17, 15) is 9.18 Å². The second-order valence-corrected chi connectivity index (χ2v) is 7.30. The van der Waals surface area contributed by atoms with E-state index in [1.165, 1.54) is 24.3 Å². The molecule has 4 nitrogen and oxygen atoms in total. The van der Waals surface area contributed by atoms with Crippen LogP contribution in [0.3, 0.4) is 0 Å². The van der Waals surface area contributed by atoms with Crippen molar-refractivity contribution in [3.8, 4) is 0 Å². The molecule has 0 saturated heterocycles. The fourth-order valence-corrected chi connectivity index (χ4v) is 3.44. The molecule has 2 aromatic rings. The molecule has 0 unspecified atom stereocenters. The van der Waals surface area contributed by atoms with Crippen molar-refractivity contribution < 1.29 is 9.18 Å². The predicted octanol–water partition coefficient (Wildman–Crippen LogP) is 3.78. The fraction of sp³-hybridized carbons (Fsp3) is 0.375. The van der Waals surface area contributed by atoms with E-state index in [2.05, 4.69) is 31.2 Å². The van der Waals surface area contributed by atoms with Crippen LogP contribution in [-0.4, -0.2) is 15.7 Å². The number of fused-ring (bicyclic) bond motifs is 1.